The molecule has 0 aliphatic carbocycles. The number of hydrogen-bond acceptors (Lipinski definition) is 5. The van der Waals surface area contributed by atoms with E-state index in [9.17, 15) is 4.79 Å². The molecule has 1 aliphatic rings. The van der Waals surface area contributed by atoms with E-state index < -0.39 is 0 Å². The summed E-state index contributed by atoms with van der Waals surface area (Å²) >= 11 is 0. The van der Waals surface area contributed by atoms with Gasteiger partial charge in [-0.05, 0) is 7.05 Å². The first-order valence-electron chi connectivity index (χ1n) is 6.66. The van der Waals surface area contributed by atoms with Crippen LogP contribution in [0.4, 0.5) is 5.82 Å². The van der Waals surface area contributed by atoms with E-state index in [-0.39, 0.29) is 11.8 Å². The number of amides is 1. The highest BCUT2D eigenvalue weighted by atomic mass is 16.2. The van der Waals surface area contributed by atoms with Gasteiger partial charge in [-0.15, -0.1) is 0 Å². The average Bonchev–Trinajstić information content (AvgIpc) is 2.48. The number of nitrogens with zero attached hydrogens (tertiary/aromatic N) is 4. The monoisotopic (exact) mass is 263 g/mol. The predicted molar refractivity (Wildman–Crippen MR) is 73.9 cm³/mol. The molecule has 1 amide bonds. The van der Waals surface area contributed by atoms with Crippen LogP contribution < -0.4 is 10.2 Å². The summed E-state index contributed by atoms with van der Waals surface area (Å²) in [5.41, 5.74) is 0. The van der Waals surface area contributed by atoms with Gasteiger partial charge in [-0.25, -0.2) is 4.98 Å². The van der Waals surface area contributed by atoms with E-state index in [1.165, 1.54) is 0 Å². The maximum atomic E-state index is 12.2. The number of nitrogens with one attached hydrogen (secondary N) is 1. The molecule has 0 radical (unpaired) electrons. The molecule has 0 bridgehead atoms. The Hall–Kier alpha value is -1.69. The lowest BCUT2D eigenvalue weighted by Gasteiger charge is -2.36. The third kappa shape index (κ3) is 3.41. The quantitative estimate of drug-likeness (QED) is 0.827. The Labute approximate surface area is 113 Å². The van der Waals surface area contributed by atoms with Crippen LogP contribution in [0, 0.1) is 5.92 Å². The van der Waals surface area contributed by atoms with Crippen molar-refractivity contribution in [3.05, 3.63) is 18.6 Å². The van der Waals surface area contributed by atoms with Crippen molar-refractivity contribution < 1.29 is 4.79 Å². The Morgan fingerprint density at radius 2 is 2.11 bits per heavy atom. The van der Waals surface area contributed by atoms with Crippen LogP contribution in [0.5, 0.6) is 0 Å². The molecular formula is C13H21N5O. The number of hydrogen-bond donors (Lipinski definition) is 1. The highest BCUT2D eigenvalue weighted by molar-refractivity contribution is 5.79. The van der Waals surface area contributed by atoms with E-state index >= 15 is 0 Å². The molecule has 2 heterocycles. The lowest BCUT2D eigenvalue weighted by molar-refractivity contribution is -0.135. The maximum absolute atomic E-state index is 12.2. The molecular weight excluding hydrogens is 242 g/mol. The summed E-state index contributed by atoms with van der Waals surface area (Å²) in [6.45, 7) is 5.83. The standard InChI is InChI=1S/C13H21N5O/c1-11(9-14-2)13(19)18-7-5-17(6-8-18)12-10-15-3-4-16-12/h3-4,10-11,14H,5-9H2,1-2H3. The van der Waals surface area contributed by atoms with E-state index in [2.05, 4.69) is 20.2 Å². The van der Waals surface area contributed by atoms with Crippen LogP contribution in [0.3, 0.4) is 0 Å². The summed E-state index contributed by atoms with van der Waals surface area (Å²) in [7, 11) is 1.87. The van der Waals surface area contributed by atoms with Crippen molar-refractivity contribution in [3.63, 3.8) is 0 Å². The van der Waals surface area contributed by atoms with Gasteiger partial charge in [0.15, 0.2) is 0 Å². The van der Waals surface area contributed by atoms with Crippen molar-refractivity contribution in [2.45, 2.75) is 6.92 Å². The summed E-state index contributed by atoms with van der Waals surface area (Å²) < 4.78 is 0. The Kier molecular flexibility index (Phi) is 4.68. The summed E-state index contributed by atoms with van der Waals surface area (Å²) in [6.07, 6.45) is 5.13. The molecule has 1 saturated heterocycles. The third-order valence-corrected chi connectivity index (χ3v) is 3.40. The summed E-state index contributed by atoms with van der Waals surface area (Å²) in [5, 5.41) is 3.05. The first-order chi connectivity index (χ1) is 9.22. The number of piperazine rings is 1. The van der Waals surface area contributed by atoms with E-state index in [1.807, 2.05) is 18.9 Å². The Bertz CT molecular complexity index is 403. The van der Waals surface area contributed by atoms with Gasteiger partial charge in [-0.2, -0.15) is 0 Å². The average molecular weight is 263 g/mol. The molecule has 1 fully saturated rings. The van der Waals surface area contributed by atoms with Gasteiger partial charge in [-0.1, -0.05) is 6.92 Å². The highest BCUT2D eigenvalue weighted by Gasteiger charge is 2.24. The largest absolute Gasteiger partial charge is 0.352 e. The number of carbonyl (C=O) groups excluding carboxylic acids is 1. The number of aromatic nitrogens is 2. The van der Waals surface area contributed by atoms with Crippen LogP contribution in [0.2, 0.25) is 0 Å². The maximum Gasteiger partial charge on any atom is 0.226 e. The molecule has 1 aromatic heterocycles. The van der Waals surface area contributed by atoms with E-state index in [1.54, 1.807) is 18.6 Å². The zero-order chi connectivity index (χ0) is 13.7. The van der Waals surface area contributed by atoms with Crippen molar-refractivity contribution in [2.75, 3.05) is 44.7 Å². The second-order valence-corrected chi connectivity index (χ2v) is 4.83. The minimum atomic E-state index is 0.0352. The fourth-order valence-electron chi connectivity index (χ4n) is 2.32. The molecule has 1 unspecified atom stereocenters. The van der Waals surface area contributed by atoms with E-state index in [4.69, 9.17) is 0 Å². The van der Waals surface area contributed by atoms with E-state index in [0.717, 1.165) is 38.5 Å². The Morgan fingerprint density at radius 1 is 1.37 bits per heavy atom. The zero-order valence-corrected chi connectivity index (χ0v) is 11.5. The number of rotatable bonds is 4. The molecule has 104 valence electrons. The van der Waals surface area contributed by atoms with Gasteiger partial charge in [0, 0.05) is 51.0 Å². The third-order valence-electron chi connectivity index (χ3n) is 3.40. The van der Waals surface area contributed by atoms with Crippen molar-refractivity contribution in [1.82, 2.24) is 20.2 Å². The minimum Gasteiger partial charge on any atom is -0.352 e. The number of anilines is 1. The van der Waals surface area contributed by atoms with Gasteiger partial charge >= 0.3 is 0 Å². The normalized spacial score (nSPS) is 17.4. The Morgan fingerprint density at radius 3 is 2.68 bits per heavy atom. The molecule has 6 nitrogen and oxygen atoms in total. The molecule has 19 heavy (non-hydrogen) atoms. The smallest absolute Gasteiger partial charge is 0.226 e. The molecule has 1 atom stereocenters. The van der Waals surface area contributed by atoms with Crippen LogP contribution in [0.15, 0.2) is 18.6 Å². The molecule has 1 N–H and O–H groups in total. The van der Waals surface area contributed by atoms with Crippen LogP contribution in [-0.2, 0) is 4.79 Å². The van der Waals surface area contributed by atoms with Crippen molar-refractivity contribution in [3.8, 4) is 0 Å². The van der Waals surface area contributed by atoms with Gasteiger partial charge in [0.1, 0.15) is 5.82 Å². The SMILES string of the molecule is CNCC(C)C(=O)N1CCN(c2cnccn2)CC1. The van der Waals surface area contributed by atoms with Gasteiger partial charge < -0.3 is 15.1 Å². The first-order valence-corrected chi connectivity index (χ1v) is 6.66. The summed E-state index contributed by atoms with van der Waals surface area (Å²) in [4.78, 5) is 24.6. The van der Waals surface area contributed by atoms with Crippen molar-refractivity contribution in [1.29, 1.82) is 0 Å². The second-order valence-electron chi connectivity index (χ2n) is 4.83. The van der Waals surface area contributed by atoms with Gasteiger partial charge in [0.25, 0.3) is 0 Å². The van der Waals surface area contributed by atoms with Gasteiger partial charge in [0.05, 0.1) is 6.20 Å². The van der Waals surface area contributed by atoms with Crippen LogP contribution in [0.1, 0.15) is 6.92 Å². The molecule has 1 aromatic rings. The van der Waals surface area contributed by atoms with E-state index in [0.29, 0.717) is 0 Å². The number of carbonyl (C=O) groups is 1. The molecule has 0 saturated carbocycles. The van der Waals surface area contributed by atoms with Crippen molar-refractivity contribution in [2.24, 2.45) is 5.92 Å². The topological polar surface area (TPSA) is 61.4 Å². The lowest BCUT2D eigenvalue weighted by atomic mass is 10.1. The Balaban J connectivity index is 1.87. The first kappa shape index (κ1) is 13.7. The fourth-order valence-corrected chi connectivity index (χ4v) is 2.32. The lowest BCUT2D eigenvalue weighted by Crippen LogP contribution is -2.51. The van der Waals surface area contributed by atoms with Crippen LogP contribution in [-0.4, -0.2) is 60.5 Å². The van der Waals surface area contributed by atoms with Crippen LogP contribution >= 0.6 is 0 Å². The molecule has 6 heteroatoms. The summed E-state index contributed by atoms with van der Waals surface area (Å²) in [5.74, 6) is 1.15. The molecule has 1 aliphatic heterocycles. The van der Waals surface area contributed by atoms with Crippen molar-refractivity contribution >= 4 is 11.7 Å². The van der Waals surface area contributed by atoms with Crippen LogP contribution in [0.25, 0.3) is 0 Å². The molecule has 0 aromatic carbocycles. The second kappa shape index (κ2) is 6.47. The zero-order valence-electron chi connectivity index (χ0n) is 11.5. The van der Waals surface area contributed by atoms with Gasteiger partial charge in [-0.3, -0.25) is 9.78 Å². The fraction of sp³-hybridized carbons (Fsp3) is 0.615. The molecule has 2 rings (SSSR count). The minimum absolute atomic E-state index is 0.0352. The highest BCUT2D eigenvalue weighted by Crippen LogP contribution is 2.13. The summed E-state index contributed by atoms with van der Waals surface area (Å²) in [6, 6.07) is 0. The predicted octanol–water partition coefficient (Wildman–Crippen LogP) is -0.0193. The van der Waals surface area contributed by atoms with Gasteiger partial charge in [0.2, 0.25) is 5.91 Å². The molecule has 0 spiro atoms.